The van der Waals surface area contributed by atoms with Crippen LogP contribution in [0.15, 0.2) is 18.2 Å². The summed E-state index contributed by atoms with van der Waals surface area (Å²) >= 11 is 0. The fourth-order valence-corrected chi connectivity index (χ4v) is 2.37. The number of amides is 1. The first kappa shape index (κ1) is 13.9. The number of hydrogen-bond donors (Lipinski definition) is 1. The van der Waals surface area contributed by atoms with Gasteiger partial charge in [0.05, 0.1) is 5.69 Å². The second-order valence-electron chi connectivity index (χ2n) is 4.94. The third-order valence-electron chi connectivity index (χ3n) is 3.35. The first-order valence-electron chi connectivity index (χ1n) is 6.98. The van der Waals surface area contributed by atoms with Crippen LogP contribution in [-0.4, -0.2) is 25.1 Å². The Balaban J connectivity index is 2.31. The van der Waals surface area contributed by atoms with Crippen molar-refractivity contribution in [2.24, 2.45) is 5.73 Å². The zero-order valence-electron chi connectivity index (χ0n) is 11.7. The molecule has 1 aromatic carbocycles. The van der Waals surface area contributed by atoms with Crippen LogP contribution in [0.4, 0.5) is 5.69 Å². The Labute approximate surface area is 114 Å². The minimum atomic E-state index is -0.394. The molecule has 0 radical (unpaired) electrons. The molecular weight excluding hydrogens is 240 g/mol. The molecule has 1 heterocycles. The first-order valence-corrected chi connectivity index (χ1v) is 6.98. The fourth-order valence-electron chi connectivity index (χ4n) is 2.37. The van der Waals surface area contributed by atoms with Gasteiger partial charge in [-0.3, -0.25) is 4.79 Å². The number of rotatable bonds is 5. The fraction of sp³-hybridized carbons (Fsp3) is 0.533. The Morgan fingerprint density at radius 3 is 2.89 bits per heavy atom. The van der Waals surface area contributed by atoms with Gasteiger partial charge < -0.3 is 15.4 Å². The Hall–Kier alpha value is -1.55. The molecule has 4 heteroatoms. The van der Waals surface area contributed by atoms with E-state index >= 15 is 0 Å². The minimum Gasteiger partial charge on any atom is -0.479 e. The molecule has 2 N–H and O–H groups in total. The van der Waals surface area contributed by atoms with Crippen LogP contribution < -0.4 is 15.4 Å². The van der Waals surface area contributed by atoms with Crippen LogP contribution in [0.3, 0.4) is 0 Å². The second-order valence-corrected chi connectivity index (χ2v) is 4.94. The standard InChI is InChI=1S/C15H22N2O2/c1-3-9-17-13-10-12(5-4-8-16)6-7-14(13)19-11(2)15(17)18/h6-7,10-11H,3-5,8-9,16H2,1-2H3. The van der Waals surface area contributed by atoms with Crippen molar-refractivity contribution in [1.82, 2.24) is 0 Å². The SMILES string of the molecule is CCCN1C(=O)C(C)Oc2ccc(CCCN)cc21. The van der Waals surface area contributed by atoms with Crippen molar-refractivity contribution in [1.29, 1.82) is 0 Å². The number of anilines is 1. The molecule has 0 bridgehead atoms. The molecule has 0 fully saturated rings. The van der Waals surface area contributed by atoms with Crippen molar-refractivity contribution in [3.05, 3.63) is 23.8 Å². The lowest BCUT2D eigenvalue weighted by molar-refractivity contribution is -0.125. The van der Waals surface area contributed by atoms with Crippen molar-refractivity contribution < 1.29 is 9.53 Å². The van der Waals surface area contributed by atoms with Crippen molar-refractivity contribution >= 4 is 11.6 Å². The van der Waals surface area contributed by atoms with Gasteiger partial charge in [-0.15, -0.1) is 0 Å². The van der Waals surface area contributed by atoms with E-state index in [1.54, 1.807) is 6.92 Å². The lowest BCUT2D eigenvalue weighted by atomic mass is 10.1. The van der Waals surface area contributed by atoms with Gasteiger partial charge in [0, 0.05) is 6.54 Å². The summed E-state index contributed by atoms with van der Waals surface area (Å²) < 4.78 is 5.66. The number of carbonyl (C=O) groups is 1. The van der Waals surface area contributed by atoms with E-state index in [1.807, 2.05) is 11.0 Å². The first-order chi connectivity index (χ1) is 9.17. The maximum atomic E-state index is 12.2. The van der Waals surface area contributed by atoms with Gasteiger partial charge in [-0.2, -0.15) is 0 Å². The van der Waals surface area contributed by atoms with Crippen molar-refractivity contribution in [2.75, 3.05) is 18.0 Å². The molecule has 0 aliphatic carbocycles. The van der Waals surface area contributed by atoms with Crippen LogP contribution in [0.5, 0.6) is 5.75 Å². The lowest BCUT2D eigenvalue weighted by Gasteiger charge is -2.33. The van der Waals surface area contributed by atoms with Gasteiger partial charge in [0.1, 0.15) is 5.75 Å². The molecule has 1 unspecified atom stereocenters. The molecule has 1 aliphatic rings. The molecule has 1 aliphatic heterocycles. The van der Waals surface area contributed by atoms with Crippen LogP contribution in [0.2, 0.25) is 0 Å². The highest BCUT2D eigenvalue weighted by molar-refractivity contribution is 5.99. The summed E-state index contributed by atoms with van der Waals surface area (Å²) in [6.07, 6.45) is 2.44. The van der Waals surface area contributed by atoms with E-state index in [4.69, 9.17) is 10.5 Å². The number of carbonyl (C=O) groups excluding carboxylic acids is 1. The number of nitrogens with two attached hydrogens (primary N) is 1. The van der Waals surface area contributed by atoms with E-state index in [2.05, 4.69) is 19.1 Å². The average molecular weight is 262 g/mol. The summed E-state index contributed by atoms with van der Waals surface area (Å²) in [7, 11) is 0. The molecule has 0 spiro atoms. The number of hydrogen-bond acceptors (Lipinski definition) is 3. The summed E-state index contributed by atoms with van der Waals surface area (Å²) in [5.41, 5.74) is 7.65. The molecule has 0 saturated heterocycles. The Morgan fingerprint density at radius 2 is 2.21 bits per heavy atom. The topological polar surface area (TPSA) is 55.6 Å². The Bertz CT molecular complexity index is 459. The highest BCUT2D eigenvalue weighted by atomic mass is 16.5. The minimum absolute atomic E-state index is 0.0466. The van der Waals surface area contributed by atoms with Crippen LogP contribution in [0, 0.1) is 0 Å². The van der Waals surface area contributed by atoms with Gasteiger partial charge in [-0.05, 0) is 50.4 Å². The van der Waals surface area contributed by atoms with Crippen LogP contribution in [0.25, 0.3) is 0 Å². The predicted molar refractivity (Wildman–Crippen MR) is 76.6 cm³/mol. The van der Waals surface area contributed by atoms with E-state index in [1.165, 1.54) is 5.56 Å². The summed E-state index contributed by atoms with van der Waals surface area (Å²) in [5, 5.41) is 0. The number of ether oxygens (including phenoxy) is 1. The lowest BCUT2D eigenvalue weighted by Crippen LogP contribution is -2.44. The molecule has 0 aromatic heterocycles. The van der Waals surface area contributed by atoms with Gasteiger partial charge in [0.2, 0.25) is 0 Å². The van der Waals surface area contributed by atoms with Gasteiger partial charge in [0.25, 0.3) is 5.91 Å². The van der Waals surface area contributed by atoms with Crippen molar-refractivity contribution in [2.45, 2.75) is 39.2 Å². The molecule has 104 valence electrons. The van der Waals surface area contributed by atoms with E-state index in [9.17, 15) is 4.79 Å². The molecule has 2 rings (SSSR count). The maximum Gasteiger partial charge on any atom is 0.267 e. The van der Waals surface area contributed by atoms with Gasteiger partial charge in [-0.25, -0.2) is 0 Å². The summed E-state index contributed by atoms with van der Waals surface area (Å²) in [5.74, 6) is 0.849. The summed E-state index contributed by atoms with van der Waals surface area (Å²) in [6.45, 7) is 5.30. The van der Waals surface area contributed by atoms with Crippen molar-refractivity contribution in [3.63, 3.8) is 0 Å². The predicted octanol–water partition coefficient (Wildman–Crippen LogP) is 2.10. The monoisotopic (exact) mass is 262 g/mol. The second kappa shape index (κ2) is 6.06. The van der Waals surface area contributed by atoms with Crippen LogP contribution in [-0.2, 0) is 11.2 Å². The van der Waals surface area contributed by atoms with Gasteiger partial charge in [0.15, 0.2) is 6.10 Å². The number of fused-ring (bicyclic) bond motifs is 1. The third-order valence-corrected chi connectivity index (χ3v) is 3.35. The number of aryl methyl sites for hydroxylation is 1. The molecule has 1 atom stereocenters. The zero-order chi connectivity index (χ0) is 13.8. The van der Waals surface area contributed by atoms with Gasteiger partial charge >= 0.3 is 0 Å². The highest BCUT2D eigenvalue weighted by Gasteiger charge is 2.30. The highest BCUT2D eigenvalue weighted by Crippen LogP contribution is 2.35. The maximum absolute atomic E-state index is 12.2. The molecule has 1 amide bonds. The van der Waals surface area contributed by atoms with Crippen LogP contribution >= 0.6 is 0 Å². The van der Waals surface area contributed by atoms with E-state index < -0.39 is 6.10 Å². The average Bonchev–Trinajstić information content (AvgIpc) is 2.42. The largest absolute Gasteiger partial charge is 0.479 e. The zero-order valence-corrected chi connectivity index (χ0v) is 11.7. The summed E-state index contributed by atoms with van der Waals surface area (Å²) in [4.78, 5) is 14.0. The third kappa shape index (κ3) is 2.89. The molecule has 1 aromatic rings. The normalized spacial score (nSPS) is 18.2. The Kier molecular flexibility index (Phi) is 4.43. The summed E-state index contributed by atoms with van der Waals surface area (Å²) in [6, 6.07) is 6.08. The smallest absolute Gasteiger partial charge is 0.267 e. The molecule has 0 saturated carbocycles. The molecule has 4 nitrogen and oxygen atoms in total. The number of benzene rings is 1. The van der Waals surface area contributed by atoms with Crippen LogP contribution in [0.1, 0.15) is 32.3 Å². The molecule has 19 heavy (non-hydrogen) atoms. The van der Waals surface area contributed by atoms with E-state index in [0.29, 0.717) is 6.54 Å². The Morgan fingerprint density at radius 1 is 1.42 bits per heavy atom. The quantitative estimate of drug-likeness (QED) is 0.884. The number of nitrogens with zero attached hydrogens (tertiary/aromatic N) is 1. The van der Waals surface area contributed by atoms with E-state index in [0.717, 1.165) is 37.2 Å². The van der Waals surface area contributed by atoms with Gasteiger partial charge in [-0.1, -0.05) is 13.0 Å². The van der Waals surface area contributed by atoms with Crippen molar-refractivity contribution in [3.8, 4) is 5.75 Å². The molecular formula is C15H22N2O2. The van der Waals surface area contributed by atoms with E-state index in [-0.39, 0.29) is 5.91 Å².